The number of fused-ring (bicyclic) bond motifs is 1. The molecule has 0 radical (unpaired) electrons. The highest BCUT2D eigenvalue weighted by Gasteiger charge is 2.18. The highest BCUT2D eigenvalue weighted by molar-refractivity contribution is 6.05. The number of para-hydroxylation sites is 1. The summed E-state index contributed by atoms with van der Waals surface area (Å²) in [6.07, 6.45) is 1.55. The maximum Gasteiger partial charge on any atom is 0.265 e. The molecule has 0 unspecified atom stereocenters. The summed E-state index contributed by atoms with van der Waals surface area (Å²) in [5.41, 5.74) is 0.585. The quantitative estimate of drug-likeness (QED) is 0.353. The first-order valence-electron chi connectivity index (χ1n) is 10.9. The van der Waals surface area contributed by atoms with Gasteiger partial charge in [0.05, 0.1) is 6.54 Å². The van der Waals surface area contributed by atoms with Gasteiger partial charge in [0.2, 0.25) is 0 Å². The van der Waals surface area contributed by atoms with Crippen LogP contribution in [0.3, 0.4) is 0 Å². The Morgan fingerprint density at radius 3 is 2.37 bits per heavy atom. The number of nitrogens with zero attached hydrogens (tertiary/aromatic N) is 2. The van der Waals surface area contributed by atoms with E-state index in [0.29, 0.717) is 33.8 Å². The van der Waals surface area contributed by atoms with Gasteiger partial charge in [-0.15, -0.1) is 0 Å². The lowest BCUT2D eigenvalue weighted by Gasteiger charge is -2.13. The number of hydrogen-bond acceptors (Lipinski definition) is 4. The minimum atomic E-state index is -0.570. The van der Waals surface area contributed by atoms with Crippen LogP contribution in [0, 0.1) is 5.82 Å². The summed E-state index contributed by atoms with van der Waals surface area (Å²) in [6.45, 7) is -0.0499. The van der Waals surface area contributed by atoms with Gasteiger partial charge in [0.25, 0.3) is 11.5 Å². The molecule has 0 aliphatic rings. The van der Waals surface area contributed by atoms with Crippen LogP contribution in [0.15, 0.2) is 108 Å². The van der Waals surface area contributed by atoms with Crippen molar-refractivity contribution in [1.29, 1.82) is 0 Å². The Bertz CT molecular complexity index is 1560. The van der Waals surface area contributed by atoms with Crippen LogP contribution in [0.2, 0.25) is 0 Å². The normalized spacial score (nSPS) is 10.8. The molecule has 172 valence electrons. The first-order valence-corrected chi connectivity index (χ1v) is 10.9. The second kappa shape index (κ2) is 9.61. The Balaban J connectivity index is 1.43. The van der Waals surface area contributed by atoms with Crippen molar-refractivity contribution >= 4 is 22.6 Å². The molecule has 6 nitrogen and oxygen atoms in total. The number of benzene rings is 3. The Kier molecular flexibility index (Phi) is 6.05. The molecule has 3 aromatic carbocycles. The van der Waals surface area contributed by atoms with Gasteiger partial charge in [-0.25, -0.2) is 9.37 Å². The van der Waals surface area contributed by atoms with Crippen LogP contribution in [-0.2, 0) is 6.54 Å². The van der Waals surface area contributed by atoms with Gasteiger partial charge in [0, 0.05) is 22.8 Å². The topological polar surface area (TPSA) is 73.2 Å². The van der Waals surface area contributed by atoms with Crippen LogP contribution in [-0.4, -0.2) is 15.5 Å². The van der Waals surface area contributed by atoms with Gasteiger partial charge in [0.1, 0.15) is 28.5 Å². The zero-order valence-electron chi connectivity index (χ0n) is 18.5. The average Bonchev–Trinajstić information content (AvgIpc) is 2.88. The highest BCUT2D eigenvalue weighted by atomic mass is 19.1. The van der Waals surface area contributed by atoms with E-state index in [2.05, 4.69) is 10.3 Å². The molecule has 0 atom stereocenters. The monoisotopic (exact) mass is 465 g/mol. The lowest BCUT2D eigenvalue weighted by atomic mass is 10.1. The van der Waals surface area contributed by atoms with Gasteiger partial charge >= 0.3 is 0 Å². The first kappa shape index (κ1) is 22.0. The Morgan fingerprint density at radius 1 is 0.886 bits per heavy atom. The van der Waals surface area contributed by atoms with Crippen molar-refractivity contribution in [3.05, 3.63) is 131 Å². The fraction of sp³-hybridized carbons (Fsp3) is 0.0357. The van der Waals surface area contributed by atoms with E-state index in [0.717, 1.165) is 0 Å². The summed E-state index contributed by atoms with van der Waals surface area (Å²) < 4.78 is 21.4. The zero-order chi connectivity index (χ0) is 24.2. The van der Waals surface area contributed by atoms with Gasteiger partial charge in [-0.1, -0.05) is 36.4 Å². The van der Waals surface area contributed by atoms with Gasteiger partial charge in [-0.2, -0.15) is 0 Å². The molecule has 1 amide bonds. The van der Waals surface area contributed by atoms with Crippen LogP contribution in [0.5, 0.6) is 11.5 Å². The molecule has 7 heteroatoms. The minimum absolute atomic E-state index is 0.0499. The van der Waals surface area contributed by atoms with Gasteiger partial charge < -0.3 is 10.1 Å². The number of pyridine rings is 2. The van der Waals surface area contributed by atoms with Crippen molar-refractivity contribution in [2.24, 2.45) is 0 Å². The molecule has 1 N–H and O–H groups in total. The molecule has 0 aliphatic carbocycles. The zero-order valence-corrected chi connectivity index (χ0v) is 18.5. The molecule has 2 heterocycles. The largest absolute Gasteiger partial charge is 0.457 e. The Morgan fingerprint density at radius 2 is 1.60 bits per heavy atom. The van der Waals surface area contributed by atoms with E-state index in [4.69, 9.17) is 4.74 Å². The molecule has 0 saturated heterocycles. The van der Waals surface area contributed by atoms with Crippen molar-refractivity contribution in [3.63, 3.8) is 0 Å². The van der Waals surface area contributed by atoms with Crippen LogP contribution in [0.1, 0.15) is 15.9 Å². The van der Waals surface area contributed by atoms with E-state index in [1.54, 1.807) is 60.8 Å². The Hall–Kier alpha value is -4.78. The molecule has 5 rings (SSSR count). The van der Waals surface area contributed by atoms with Crippen molar-refractivity contribution in [2.75, 3.05) is 5.32 Å². The molecule has 0 fully saturated rings. The smallest absolute Gasteiger partial charge is 0.265 e. The number of aromatic nitrogens is 2. The summed E-state index contributed by atoms with van der Waals surface area (Å²) in [6, 6.07) is 27.4. The SMILES string of the molecule is O=C(Nc1ccc(Oc2ccccc2)cc1)c1cc2cccnc2n(Cc2ccccc2F)c1=O. The van der Waals surface area contributed by atoms with Gasteiger partial charge in [-0.3, -0.25) is 14.2 Å². The van der Waals surface area contributed by atoms with Crippen molar-refractivity contribution in [1.82, 2.24) is 9.55 Å². The number of halogens is 1. The summed E-state index contributed by atoms with van der Waals surface area (Å²) in [5.74, 6) is 0.304. The van der Waals surface area contributed by atoms with Crippen molar-refractivity contribution in [2.45, 2.75) is 6.54 Å². The number of anilines is 1. The highest BCUT2D eigenvalue weighted by Crippen LogP contribution is 2.23. The molecular formula is C28H20FN3O3. The minimum Gasteiger partial charge on any atom is -0.457 e. The molecule has 0 spiro atoms. The van der Waals surface area contributed by atoms with E-state index in [1.165, 1.54) is 16.7 Å². The fourth-order valence-electron chi connectivity index (χ4n) is 3.74. The van der Waals surface area contributed by atoms with E-state index in [-0.39, 0.29) is 12.1 Å². The number of rotatable bonds is 6. The molecule has 0 aliphatic heterocycles. The summed E-state index contributed by atoms with van der Waals surface area (Å²) >= 11 is 0. The molecule has 0 saturated carbocycles. The van der Waals surface area contributed by atoms with Crippen LogP contribution in [0.4, 0.5) is 10.1 Å². The van der Waals surface area contributed by atoms with E-state index in [9.17, 15) is 14.0 Å². The predicted octanol–water partition coefficient (Wildman–Crippen LogP) is 5.63. The predicted molar refractivity (Wildman–Crippen MR) is 132 cm³/mol. The number of ether oxygens (including phenoxy) is 1. The molecule has 5 aromatic rings. The van der Waals surface area contributed by atoms with Gasteiger partial charge in [-0.05, 0) is 60.7 Å². The molecule has 2 aromatic heterocycles. The number of hydrogen-bond donors (Lipinski definition) is 1. The Labute approximate surface area is 200 Å². The van der Waals surface area contributed by atoms with E-state index in [1.807, 2.05) is 30.3 Å². The summed E-state index contributed by atoms with van der Waals surface area (Å²) in [7, 11) is 0. The number of carbonyl (C=O) groups excluding carboxylic acids is 1. The van der Waals surface area contributed by atoms with Crippen molar-refractivity contribution < 1.29 is 13.9 Å². The summed E-state index contributed by atoms with van der Waals surface area (Å²) in [4.78, 5) is 30.7. The average molecular weight is 465 g/mol. The van der Waals surface area contributed by atoms with E-state index < -0.39 is 17.3 Å². The second-order valence-corrected chi connectivity index (χ2v) is 7.85. The third-order valence-corrected chi connectivity index (χ3v) is 5.47. The third kappa shape index (κ3) is 4.79. The maximum absolute atomic E-state index is 14.3. The summed E-state index contributed by atoms with van der Waals surface area (Å²) in [5, 5.41) is 3.35. The molecule has 35 heavy (non-hydrogen) atoms. The maximum atomic E-state index is 14.3. The van der Waals surface area contributed by atoms with Crippen LogP contribution >= 0.6 is 0 Å². The lowest BCUT2D eigenvalue weighted by Crippen LogP contribution is -2.30. The second-order valence-electron chi connectivity index (χ2n) is 7.85. The number of carbonyl (C=O) groups is 1. The fourth-order valence-corrected chi connectivity index (χ4v) is 3.74. The standard InChI is InChI=1S/C28H20FN3O3/c29-25-11-5-4-7-20(25)18-32-26-19(8-6-16-30-26)17-24(28(32)34)27(33)31-21-12-14-23(15-13-21)35-22-9-2-1-3-10-22/h1-17H,18H2,(H,31,33). The van der Waals surface area contributed by atoms with Crippen LogP contribution in [0.25, 0.3) is 11.0 Å². The number of amides is 1. The first-order chi connectivity index (χ1) is 17.1. The lowest BCUT2D eigenvalue weighted by molar-refractivity contribution is 0.102. The van der Waals surface area contributed by atoms with Crippen molar-refractivity contribution in [3.8, 4) is 11.5 Å². The third-order valence-electron chi connectivity index (χ3n) is 5.47. The molecule has 0 bridgehead atoms. The molecular weight excluding hydrogens is 445 g/mol. The number of nitrogens with one attached hydrogen (secondary N) is 1. The van der Waals surface area contributed by atoms with E-state index >= 15 is 0 Å². The van der Waals surface area contributed by atoms with Crippen LogP contribution < -0.4 is 15.6 Å². The van der Waals surface area contributed by atoms with Gasteiger partial charge in [0.15, 0.2) is 0 Å².